The normalized spacial score (nSPS) is 13.7. The minimum absolute atomic E-state index is 0.260. The third kappa shape index (κ3) is 3.45. The summed E-state index contributed by atoms with van der Waals surface area (Å²) in [6, 6.07) is 7.82. The molecule has 0 bridgehead atoms. The van der Waals surface area contributed by atoms with E-state index < -0.39 is 0 Å². The summed E-state index contributed by atoms with van der Waals surface area (Å²) in [6.45, 7) is 0.607. The highest BCUT2D eigenvalue weighted by molar-refractivity contribution is 6.35. The number of carbonyl (C=O) groups is 1. The quantitative estimate of drug-likeness (QED) is 0.759. The van der Waals surface area contributed by atoms with Gasteiger partial charge >= 0.3 is 0 Å². The number of methoxy groups -OCH3 is 1. The first-order chi connectivity index (χ1) is 11.1. The van der Waals surface area contributed by atoms with Gasteiger partial charge in [0.05, 0.1) is 7.11 Å². The number of ether oxygens (including phenoxy) is 1. The Morgan fingerprint density at radius 1 is 1.39 bits per heavy atom. The van der Waals surface area contributed by atoms with Crippen LogP contribution in [-0.2, 0) is 6.54 Å². The molecule has 1 aromatic heterocycles. The molecule has 5 nitrogen and oxygen atoms in total. The number of aromatic nitrogens is 2. The molecule has 0 N–H and O–H groups in total. The van der Waals surface area contributed by atoms with Crippen LogP contribution in [0.5, 0.6) is 5.75 Å². The van der Waals surface area contributed by atoms with Crippen LogP contribution in [0.1, 0.15) is 40.6 Å². The molecule has 0 amide bonds. The average molecular weight is 332 g/mol. The minimum atomic E-state index is 0.260. The van der Waals surface area contributed by atoms with E-state index in [1.165, 1.54) is 0 Å². The van der Waals surface area contributed by atoms with Gasteiger partial charge in [-0.25, -0.2) is 9.97 Å². The van der Waals surface area contributed by atoms with Gasteiger partial charge < -0.3 is 9.64 Å². The van der Waals surface area contributed by atoms with Crippen molar-refractivity contribution in [2.75, 3.05) is 19.1 Å². The van der Waals surface area contributed by atoms with Crippen LogP contribution < -0.4 is 9.64 Å². The molecule has 0 saturated heterocycles. The molecular formula is C17H18ClN3O2. The Morgan fingerprint density at radius 3 is 2.83 bits per heavy atom. The lowest BCUT2D eigenvalue weighted by atomic mass is 10.2. The van der Waals surface area contributed by atoms with Crippen LogP contribution in [0, 0.1) is 0 Å². The first-order valence-electron chi connectivity index (χ1n) is 7.49. The lowest BCUT2D eigenvalue weighted by Gasteiger charge is -2.21. The molecule has 0 unspecified atom stereocenters. The first-order valence-corrected chi connectivity index (χ1v) is 7.87. The predicted molar refractivity (Wildman–Crippen MR) is 89.5 cm³/mol. The molecule has 120 valence electrons. The molecule has 1 fully saturated rings. The molecule has 2 aromatic rings. The SMILES string of the molecule is COc1cccc(CN(C)c2nc(C3CC3)nc(C=O)c2Cl)c1. The lowest BCUT2D eigenvalue weighted by molar-refractivity contribution is 0.111. The summed E-state index contributed by atoms with van der Waals surface area (Å²) in [7, 11) is 3.54. The highest BCUT2D eigenvalue weighted by Gasteiger charge is 2.29. The van der Waals surface area contributed by atoms with Crippen molar-refractivity contribution in [3.8, 4) is 5.75 Å². The number of nitrogens with zero attached hydrogens (tertiary/aromatic N) is 3. The zero-order chi connectivity index (χ0) is 16.4. The van der Waals surface area contributed by atoms with E-state index in [9.17, 15) is 4.79 Å². The summed E-state index contributed by atoms with van der Waals surface area (Å²) in [4.78, 5) is 22.0. The summed E-state index contributed by atoms with van der Waals surface area (Å²) in [5, 5.41) is 0.301. The van der Waals surface area contributed by atoms with Crippen molar-refractivity contribution in [1.82, 2.24) is 9.97 Å². The van der Waals surface area contributed by atoms with Gasteiger partial charge in [-0.2, -0.15) is 0 Å². The van der Waals surface area contributed by atoms with E-state index in [0.29, 0.717) is 35.4 Å². The summed E-state index contributed by atoms with van der Waals surface area (Å²) in [6.07, 6.45) is 2.83. The van der Waals surface area contributed by atoms with Crippen LogP contribution in [0.15, 0.2) is 24.3 Å². The summed E-state index contributed by atoms with van der Waals surface area (Å²) < 4.78 is 5.24. The number of hydrogen-bond acceptors (Lipinski definition) is 5. The number of halogens is 1. The zero-order valence-corrected chi connectivity index (χ0v) is 13.9. The summed E-state index contributed by atoms with van der Waals surface area (Å²) in [5.41, 5.74) is 1.33. The fraction of sp³-hybridized carbons (Fsp3) is 0.353. The molecule has 1 aliphatic carbocycles. The highest BCUT2D eigenvalue weighted by atomic mass is 35.5. The highest BCUT2D eigenvalue weighted by Crippen LogP contribution is 2.40. The fourth-order valence-corrected chi connectivity index (χ4v) is 2.72. The molecule has 1 heterocycles. The maximum Gasteiger partial charge on any atom is 0.170 e. The van der Waals surface area contributed by atoms with Gasteiger partial charge in [0.1, 0.15) is 22.3 Å². The Bertz CT molecular complexity index is 732. The topological polar surface area (TPSA) is 55.3 Å². The Balaban J connectivity index is 1.89. The Labute approximate surface area is 140 Å². The second kappa shape index (κ2) is 6.54. The van der Waals surface area contributed by atoms with E-state index in [-0.39, 0.29) is 5.69 Å². The second-order valence-corrected chi connectivity index (χ2v) is 6.08. The fourth-order valence-electron chi connectivity index (χ4n) is 2.44. The Hall–Kier alpha value is -2.14. The number of hydrogen-bond donors (Lipinski definition) is 0. The maximum atomic E-state index is 11.2. The number of anilines is 1. The lowest BCUT2D eigenvalue weighted by Crippen LogP contribution is -2.20. The van der Waals surface area contributed by atoms with E-state index >= 15 is 0 Å². The average Bonchev–Trinajstić information content (AvgIpc) is 3.40. The van der Waals surface area contributed by atoms with Gasteiger partial charge in [-0.1, -0.05) is 23.7 Å². The van der Waals surface area contributed by atoms with Crippen LogP contribution in [0.4, 0.5) is 5.82 Å². The zero-order valence-electron chi connectivity index (χ0n) is 13.1. The molecule has 0 radical (unpaired) electrons. The monoisotopic (exact) mass is 331 g/mol. The van der Waals surface area contributed by atoms with Gasteiger partial charge in [0, 0.05) is 19.5 Å². The van der Waals surface area contributed by atoms with Crippen LogP contribution in [0.25, 0.3) is 0 Å². The molecule has 1 aliphatic rings. The Kier molecular flexibility index (Phi) is 4.48. The largest absolute Gasteiger partial charge is 0.497 e. The van der Waals surface area contributed by atoms with Crippen molar-refractivity contribution in [2.24, 2.45) is 0 Å². The third-order valence-corrected chi connectivity index (χ3v) is 4.21. The molecule has 1 aromatic carbocycles. The smallest absolute Gasteiger partial charge is 0.170 e. The van der Waals surface area contributed by atoms with Gasteiger partial charge in [0.25, 0.3) is 0 Å². The molecule has 3 rings (SSSR count). The number of carbonyl (C=O) groups excluding carboxylic acids is 1. The molecule has 23 heavy (non-hydrogen) atoms. The molecule has 0 spiro atoms. The van der Waals surface area contributed by atoms with Crippen molar-refractivity contribution in [1.29, 1.82) is 0 Å². The Morgan fingerprint density at radius 2 is 2.17 bits per heavy atom. The van der Waals surface area contributed by atoms with Crippen molar-refractivity contribution >= 4 is 23.7 Å². The van der Waals surface area contributed by atoms with Crippen molar-refractivity contribution < 1.29 is 9.53 Å². The van der Waals surface area contributed by atoms with Gasteiger partial charge in [-0.05, 0) is 30.5 Å². The predicted octanol–water partition coefficient (Wildman–Crippen LogP) is 3.46. The second-order valence-electron chi connectivity index (χ2n) is 5.70. The van der Waals surface area contributed by atoms with Crippen LogP contribution in [0.3, 0.4) is 0 Å². The van der Waals surface area contributed by atoms with Crippen LogP contribution >= 0.6 is 11.6 Å². The first kappa shape index (κ1) is 15.7. The molecule has 6 heteroatoms. The van der Waals surface area contributed by atoms with E-state index in [1.807, 2.05) is 36.2 Å². The van der Waals surface area contributed by atoms with Gasteiger partial charge in [-0.15, -0.1) is 0 Å². The summed E-state index contributed by atoms with van der Waals surface area (Å²) >= 11 is 6.30. The molecule has 1 saturated carbocycles. The van der Waals surface area contributed by atoms with Crippen molar-refractivity contribution in [3.63, 3.8) is 0 Å². The van der Waals surface area contributed by atoms with E-state index in [1.54, 1.807) is 7.11 Å². The van der Waals surface area contributed by atoms with Crippen LogP contribution in [-0.4, -0.2) is 30.4 Å². The van der Waals surface area contributed by atoms with Crippen molar-refractivity contribution in [3.05, 3.63) is 46.4 Å². The summed E-state index contributed by atoms with van der Waals surface area (Å²) in [5.74, 6) is 2.46. The van der Waals surface area contributed by atoms with Gasteiger partial charge in [0.2, 0.25) is 0 Å². The van der Waals surface area contributed by atoms with E-state index in [0.717, 1.165) is 24.2 Å². The minimum Gasteiger partial charge on any atom is -0.497 e. The van der Waals surface area contributed by atoms with Crippen molar-refractivity contribution in [2.45, 2.75) is 25.3 Å². The van der Waals surface area contributed by atoms with E-state index in [2.05, 4.69) is 9.97 Å². The number of aldehydes is 1. The van der Waals surface area contributed by atoms with E-state index in [4.69, 9.17) is 16.3 Å². The molecule has 0 aliphatic heterocycles. The third-order valence-electron chi connectivity index (χ3n) is 3.85. The van der Waals surface area contributed by atoms with Gasteiger partial charge in [0.15, 0.2) is 12.1 Å². The molecule has 0 atom stereocenters. The number of benzene rings is 1. The van der Waals surface area contributed by atoms with Gasteiger partial charge in [-0.3, -0.25) is 4.79 Å². The standard InChI is InChI=1S/C17H18ClN3O2/c1-21(9-11-4-3-5-13(8-11)23-2)17-15(18)14(10-22)19-16(20-17)12-6-7-12/h3-5,8,10,12H,6-7,9H2,1-2H3. The van der Waals surface area contributed by atoms with Crippen LogP contribution in [0.2, 0.25) is 5.02 Å². The number of rotatable bonds is 6. The maximum absolute atomic E-state index is 11.2. The molecular weight excluding hydrogens is 314 g/mol.